The highest BCUT2D eigenvalue weighted by atomic mass is 32.2. The third kappa shape index (κ3) is 2.82. The lowest BCUT2D eigenvalue weighted by atomic mass is 10.1. The van der Waals surface area contributed by atoms with Gasteiger partial charge >= 0.3 is 0 Å². The number of nitrogens with two attached hydrogens (primary N) is 1. The fourth-order valence-corrected chi connectivity index (χ4v) is 3.68. The van der Waals surface area contributed by atoms with Gasteiger partial charge in [-0.1, -0.05) is 6.07 Å². The van der Waals surface area contributed by atoms with Gasteiger partial charge < -0.3 is 5.73 Å². The van der Waals surface area contributed by atoms with E-state index >= 15 is 0 Å². The summed E-state index contributed by atoms with van der Waals surface area (Å²) >= 11 is 0. The summed E-state index contributed by atoms with van der Waals surface area (Å²) in [5, 5.41) is 0. The average molecular weight is 309 g/mol. The molecule has 112 valence electrons. The number of benzene rings is 1. The van der Waals surface area contributed by atoms with Gasteiger partial charge in [-0.25, -0.2) is 17.8 Å². The third-order valence-corrected chi connectivity index (χ3v) is 4.84. The fourth-order valence-electron chi connectivity index (χ4n) is 2.11. The van der Waals surface area contributed by atoms with Crippen LogP contribution in [0.5, 0.6) is 0 Å². The summed E-state index contributed by atoms with van der Waals surface area (Å²) in [5.41, 5.74) is 6.59. The number of nitrogens with one attached hydrogen (secondary N) is 1. The summed E-state index contributed by atoms with van der Waals surface area (Å²) in [5.74, 6) is -0.392. The number of sulfonamides is 1. The number of aryl methyl sites for hydroxylation is 2. The highest BCUT2D eigenvalue weighted by Gasteiger charge is 2.23. The Kier molecular flexibility index (Phi) is 3.87. The summed E-state index contributed by atoms with van der Waals surface area (Å²) in [4.78, 5) is 3.97. The molecule has 2 aromatic rings. The maximum absolute atomic E-state index is 13.5. The lowest BCUT2D eigenvalue weighted by Crippen LogP contribution is -2.18. The molecule has 5 nitrogen and oxygen atoms in total. The number of pyridine rings is 1. The highest BCUT2D eigenvalue weighted by Crippen LogP contribution is 2.29. The van der Waals surface area contributed by atoms with Crippen molar-refractivity contribution in [2.45, 2.75) is 25.7 Å². The van der Waals surface area contributed by atoms with Crippen LogP contribution < -0.4 is 10.5 Å². The third-order valence-electron chi connectivity index (χ3n) is 3.21. The van der Waals surface area contributed by atoms with Crippen molar-refractivity contribution in [2.75, 3.05) is 10.5 Å². The van der Waals surface area contributed by atoms with E-state index in [1.165, 1.54) is 20.0 Å². The molecule has 1 aromatic heterocycles. The van der Waals surface area contributed by atoms with Gasteiger partial charge in [-0.05, 0) is 49.6 Å². The molecule has 0 amide bonds. The zero-order valence-corrected chi connectivity index (χ0v) is 12.8. The van der Waals surface area contributed by atoms with Crippen LogP contribution in [0.3, 0.4) is 0 Å². The van der Waals surface area contributed by atoms with E-state index < -0.39 is 15.8 Å². The fraction of sp³-hybridized carbons (Fsp3) is 0.214. The van der Waals surface area contributed by atoms with Crippen molar-refractivity contribution in [3.63, 3.8) is 0 Å². The Labute approximate surface area is 123 Å². The molecule has 0 saturated carbocycles. The minimum Gasteiger partial charge on any atom is -0.396 e. The molecular formula is C14H16FN3O2S. The summed E-state index contributed by atoms with van der Waals surface area (Å²) in [7, 11) is -3.90. The zero-order chi connectivity index (χ0) is 15.8. The predicted octanol–water partition coefficient (Wildman–Crippen LogP) is 2.53. The lowest BCUT2D eigenvalue weighted by molar-refractivity contribution is 0.598. The van der Waals surface area contributed by atoms with Crippen LogP contribution in [-0.2, 0) is 10.0 Å². The number of hydrogen-bond acceptors (Lipinski definition) is 4. The van der Waals surface area contributed by atoms with Crippen molar-refractivity contribution < 1.29 is 12.8 Å². The van der Waals surface area contributed by atoms with Gasteiger partial charge in [0.15, 0.2) is 0 Å². The molecule has 2 rings (SSSR count). The lowest BCUT2D eigenvalue weighted by Gasteiger charge is -2.15. The molecular weight excluding hydrogens is 293 g/mol. The van der Waals surface area contributed by atoms with E-state index in [1.54, 1.807) is 19.1 Å². The molecule has 0 aliphatic carbocycles. The number of rotatable bonds is 3. The molecule has 0 fully saturated rings. The number of aromatic nitrogens is 1. The highest BCUT2D eigenvalue weighted by molar-refractivity contribution is 7.92. The van der Waals surface area contributed by atoms with Crippen LogP contribution in [0.2, 0.25) is 0 Å². The Morgan fingerprint density at radius 2 is 1.90 bits per heavy atom. The van der Waals surface area contributed by atoms with E-state index in [1.807, 2.05) is 0 Å². The Morgan fingerprint density at radius 3 is 2.52 bits per heavy atom. The first kappa shape index (κ1) is 15.2. The van der Waals surface area contributed by atoms with Gasteiger partial charge in [0.2, 0.25) is 0 Å². The van der Waals surface area contributed by atoms with Crippen molar-refractivity contribution in [1.29, 1.82) is 0 Å². The Hall–Kier alpha value is -2.15. The second kappa shape index (κ2) is 5.33. The first-order chi connectivity index (χ1) is 9.74. The number of hydrogen-bond donors (Lipinski definition) is 2. The van der Waals surface area contributed by atoms with Crippen molar-refractivity contribution >= 4 is 21.5 Å². The second-order valence-electron chi connectivity index (χ2n) is 4.82. The molecule has 0 aliphatic heterocycles. The Bertz CT molecular complexity index is 804. The van der Waals surface area contributed by atoms with Gasteiger partial charge in [-0.15, -0.1) is 0 Å². The van der Waals surface area contributed by atoms with Crippen LogP contribution in [0, 0.1) is 26.6 Å². The van der Waals surface area contributed by atoms with Crippen LogP contribution in [0.1, 0.15) is 16.7 Å². The van der Waals surface area contributed by atoms with E-state index in [2.05, 4.69) is 9.71 Å². The van der Waals surface area contributed by atoms with E-state index in [9.17, 15) is 12.8 Å². The van der Waals surface area contributed by atoms with Crippen LogP contribution in [0.15, 0.2) is 29.3 Å². The monoisotopic (exact) mass is 309 g/mol. The zero-order valence-electron chi connectivity index (χ0n) is 11.9. The molecule has 0 aliphatic rings. The van der Waals surface area contributed by atoms with E-state index in [0.29, 0.717) is 11.1 Å². The van der Waals surface area contributed by atoms with Gasteiger partial charge in [0, 0.05) is 6.20 Å². The number of nitrogen functional groups attached to an aromatic ring is 1. The maximum atomic E-state index is 13.5. The molecule has 0 unspecified atom stereocenters. The van der Waals surface area contributed by atoms with Crippen LogP contribution >= 0.6 is 0 Å². The summed E-state index contributed by atoms with van der Waals surface area (Å²) in [6, 6.07) is 4.56. The van der Waals surface area contributed by atoms with Gasteiger partial charge in [-0.2, -0.15) is 0 Å². The standard InChI is InChI=1S/C14H16FN3O2S/c1-8-5-4-6-17-14(8)18-21(19,20)13-9(2)7-11(15)12(16)10(13)3/h4-7H,16H2,1-3H3,(H,17,18). The van der Waals surface area contributed by atoms with E-state index in [-0.39, 0.29) is 22.0 Å². The van der Waals surface area contributed by atoms with E-state index in [4.69, 9.17) is 5.73 Å². The molecule has 0 spiro atoms. The number of nitrogens with zero attached hydrogens (tertiary/aromatic N) is 1. The second-order valence-corrected chi connectivity index (χ2v) is 6.44. The first-order valence-electron chi connectivity index (χ1n) is 6.23. The Balaban J connectivity index is 2.56. The maximum Gasteiger partial charge on any atom is 0.263 e. The first-order valence-corrected chi connectivity index (χ1v) is 7.72. The molecule has 1 aromatic carbocycles. The minimum atomic E-state index is -3.90. The Morgan fingerprint density at radius 1 is 1.24 bits per heavy atom. The smallest absolute Gasteiger partial charge is 0.263 e. The number of anilines is 2. The molecule has 7 heteroatoms. The summed E-state index contributed by atoms with van der Waals surface area (Å²) in [6.07, 6.45) is 1.49. The number of halogens is 1. The normalized spacial score (nSPS) is 11.4. The predicted molar refractivity (Wildman–Crippen MR) is 80.1 cm³/mol. The largest absolute Gasteiger partial charge is 0.396 e. The quantitative estimate of drug-likeness (QED) is 0.853. The summed E-state index contributed by atoms with van der Waals surface area (Å²) in [6.45, 7) is 4.74. The molecule has 0 bridgehead atoms. The van der Waals surface area contributed by atoms with Gasteiger partial charge in [0.05, 0.1) is 10.6 Å². The van der Waals surface area contributed by atoms with Crippen molar-refractivity contribution in [3.8, 4) is 0 Å². The molecule has 1 heterocycles. The SMILES string of the molecule is Cc1cccnc1NS(=O)(=O)c1c(C)cc(F)c(N)c1C. The van der Waals surface area contributed by atoms with Crippen LogP contribution in [0.4, 0.5) is 15.9 Å². The van der Waals surface area contributed by atoms with Crippen molar-refractivity contribution in [1.82, 2.24) is 4.98 Å². The molecule has 21 heavy (non-hydrogen) atoms. The van der Waals surface area contributed by atoms with E-state index in [0.717, 1.165) is 6.07 Å². The minimum absolute atomic E-state index is 0.0218. The van der Waals surface area contributed by atoms with Gasteiger partial charge in [0.25, 0.3) is 10.0 Å². The molecule has 0 radical (unpaired) electrons. The molecule has 0 saturated heterocycles. The summed E-state index contributed by atoms with van der Waals surface area (Å²) < 4.78 is 41.0. The van der Waals surface area contributed by atoms with Gasteiger partial charge in [0.1, 0.15) is 11.6 Å². The van der Waals surface area contributed by atoms with Crippen molar-refractivity contribution in [2.24, 2.45) is 0 Å². The van der Waals surface area contributed by atoms with Gasteiger partial charge in [-0.3, -0.25) is 4.72 Å². The molecule has 3 N–H and O–H groups in total. The molecule has 0 atom stereocenters. The van der Waals surface area contributed by atoms with Crippen LogP contribution in [-0.4, -0.2) is 13.4 Å². The average Bonchev–Trinajstić information content (AvgIpc) is 2.38. The van der Waals surface area contributed by atoms with Crippen LogP contribution in [0.25, 0.3) is 0 Å². The topological polar surface area (TPSA) is 85.1 Å². The van der Waals surface area contributed by atoms with Crippen molar-refractivity contribution in [3.05, 3.63) is 46.9 Å².